The van der Waals surface area contributed by atoms with Gasteiger partial charge in [0.15, 0.2) is 0 Å². The van der Waals surface area contributed by atoms with Gasteiger partial charge in [0, 0.05) is 25.2 Å². The zero-order valence-corrected chi connectivity index (χ0v) is 16.9. The van der Waals surface area contributed by atoms with Gasteiger partial charge in [-0.3, -0.25) is 4.79 Å². The fourth-order valence-corrected chi connectivity index (χ4v) is 4.07. The SMILES string of the molecule is CCOc1ccc(C(=O)N(C)Cc2ccccc2)cc1S(=O)(=O)NC(C)C. The molecule has 0 spiro atoms. The van der Waals surface area contributed by atoms with Crippen molar-refractivity contribution in [3.05, 3.63) is 59.7 Å². The summed E-state index contributed by atoms with van der Waals surface area (Å²) in [5.74, 6) is -0.0317. The molecule has 7 heteroatoms. The topological polar surface area (TPSA) is 75.7 Å². The Morgan fingerprint density at radius 2 is 1.81 bits per heavy atom. The largest absolute Gasteiger partial charge is 0.492 e. The van der Waals surface area contributed by atoms with Gasteiger partial charge in [-0.05, 0) is 44.5 Å². The lowest BCUT2D eigenvalue weighted by molar-refractivity contribution is 0.0785. The number of nitrogens with one attached hydrogen (secondary N) is 1. The van der Waals surface area contributed by atoms with Crippen molar-refractivity contribution < 1.29 is 17.9 Å². The third-order valence-corrected chi connectivity index (χ3v) is 5.46. The molecule has 0 aliphatic heterocycles. The summed E-state index contributed by atoms with van der Waals surface area (Å²) in [7, 11) is -2.11. The molecule has 0 radical (unpaired) electrons. The van der Waals surface area contributed by atoms with Gasteiger partial charge in [0.25, 0.3) is 5.91 Å². The highest BCUT2D eigenvalue weighted by molar-refractivity contribution is 7.89. The van der Waals surface area contributed by atoms with E-state index in [9.17, 15) is 13.2 Å². The Labute approximate surface area is 161 Å². The van der Waals surface area contributed by atoms with E-state index in [1.54, 1.807) is 38.8 Å². The second-order valence-corrected chi connectivity index (χ2v) is 8.20. The van der Waals surface area contributed by atoms with Gasteiger partial charge in [-0.25, -0.2) is 13.1 Å². The van der Waals surface area contributed by atoms with E-state index in [0.717, 1.165) is 5.56 Å². The third-order valence-electron chi connectivity index (χ3n) is 3.78. The van der Waals surface area contributed by atoms with E-state index in [1.807, 2.05) is 30.3 Å². The Morgan fingerprint density at radius 3 is 2.41 bits per heavy atom. The first-order valence-electron chi connectivity index (χ1n) is 8.83. The van der Waals surface area contributed by atoms with Crippen LogP contribution >= 0.6 is 0 Å². The molecule has 0 aliphatic carbocycles. The van der Waals surface area contributed by atoms with E-state index in [2.05, 4.69) is 4.72 Å². The van der Waals surface area contributed by atoms with Gasteiger partial charge in [-0.2, -0.15) is 0 Å². The van der Waals surface area contributed by atoms with E-state index in [-0.39, 0.29) is 22.6 Å². The molecular weight excluding hydrogens is 364 g/mol. The number of nitrogens with zero attached hydrogens (tertiary/aromatic N) is 1. The lowest BCUT2D eigenvalue weighted by atomic mass is 10.1. The summed E-state index contributed by atoms with van der Waals surface area (Å²) in [4.78, 5) is 14.3. The van der Waals surface area contributed by atoms with Gasteiger partial charge in [-0.15, -0.1) is 0 Å². The highest BCUT2D eigenvalue weighted by atomic mass is 32.2. The van der Waals surface area contributed by atoms with Crippen LogP contribution in [0.3, 0.4) is 0 Å². The van der Waals surface area contributed by atoms with E-state index in [1.165, 1.54) is 12.1 Å². The zero-order valence-electron chi connectivity index (χ0n) is 16.1. The molecule has 146 valence electrons. The molecule has 0 saturated heterocycles. The molecule has 0 saturated carbocycles. The first-order chi connectivity index (χ1) is 12.7. The molecule has 0 unspecified atom stereocenters. The molecule has 0 aliphatic rings. The van der Waals surface area contributed by atoms with Crippen LogP contribution in [-0.4, -0.2) is 38.9 Å². The van der Waals surface area contributed by atoms with Crippen LogP contribution < -0.4 is 9.46 Å². The van der Waals surface area contributed by atoms with E-state index < -0.39 is 10.0 Å². The molecule has 6 nitrogen and oxygen atoms in total. The fourth-order valence-electron chi connectivity index (χ4n) is 2.65. The van der Waals surface area contributed by atoms with Crippen LogP contribution in [0.5, 0.6) is 5.75 Å². The average Bonchev–Trinajstić information content (AvgIpc) is 2.61. The van der Waals surface area contributed by atoms with Gasteiger partial charge >= 0.3 is 0 Å². The molecule has 1 N–H and O–H groups in total. The highest BCUT2D eigenvalue weighted by Crippen LogP contribution is 2.26. The predicted molar refractivity (Wildman–Crippen MR) is 105 cm³/mol. The molecular formula is C20H26N2O4S. The van der Waals surface area contributed by atoms with E-state index in [0.29, 0.717) is 18.7 Å². The molecule has 1 amide bonds. The van der Waals surface area contributed by atoms with Gasteiger partial charge in [0.1, 0.15) is 10.6 Å². The Balaban J connectivity index is 2.34. The molecule has 0 aromatic heterocycles. The van der Waals surface area contributed by atoms with Crippen LogP contribution in [0.2, 0.25) is 0 Å². The minimum absolute atomic E-state index is 0.0305. The van der Waals surface area contributed by atoms with Gasteiger partial charge < -0.3 is 9.64 Å². The Kier molecular flexibility index (Phi) is 6.98. The summed E-state index contributed by atoms with van der Waals surface area (Å²) in [6.45, 7) is 6.00. The van der Waals surface area contributed by atoms with Crippen LogP contribution in [-0.2, 0) is 16.6 Å². The Morgan fingerprint density at radius 1 is 1.15 bits per heavy atom. The number of rotatable bonds is 8. The van der Waals surface area contributed by atoms with Crippen molar-refractivity contribution in [1.82, 2.24) is 9.62 Å². The molecule has 2 aromatic carbocycles. The summed E-state index contributed by atoms with van der Waals surface area (Å²) in [6, 6.07) is 13.8. The van der Waals surface area contributed by atoms with Gasteiger partial charge in [-0.1, -0.05) is 30.3 Å². The number of sulfonamides is 1. The van der Waals surface area contributed by atoms with Crippen LogP contribution in [0.15, 0.2) is 53.4 Å². The Bertz CT molecular complexity index is 880. The van der Waals surface area contributed by atoms with E-state index >= 15 is 0 Å². The predicted octanol–water partition coefficient (Wildman–Crippen LogP) is 3.04. The van der Waals surface area contributed by atoms with Gasteiger partial charge in [0.2, 0.25) is 10.0 Å². The highest BCUT2D eigenvalue weighted by Gasteiger charge is 2.23. The maximum atomic E-state index is 12.8. The monoisotopic (exact) mass is 390 g/mol. The fraction of sp³-hybridized carbons (Fsp3) is 0.350. The van der Waals surface area contributed by atoms with Crippen LogP contribution in [0.25, 0.3) is 0 Å². The molecule has 2 aromatic rings. The maximum Gasteiger partial charge on any atom is 0.253 e. The summed E-state index contributed by atoms with van der Waals surface area (Å²) < 4.78 is 33.3. The van der Waals surface area contributed by atoms with Crippen molar-refractivity contribution in [2.24, 2.45) is 0 Å². The standard InChI is InChI=1S/C20H26N2O4S/c1-5-26-18-12-11-17(13-19(18)27(24,25)21-15(2)3)20(23)22(4)14-16-9-7-6-8-10-16/h6-13,15,21H,5,14H2,1-4H3. The average molecular weight is 391 g/mol. The van der Waals surface area contributed by atoms with Crippen molar-refractivity contribution in [3.8, 4) is 5.75 Å². The second-order valence-electron chi connectivity index (χ2n) is 6.52. The smallest absolute Gasteiger partial charge is 0.253 e. The van der Waals surface area contributed by atoms with Gasteiger partial charge in [0.05, 0.1) is 6.61 Å². The van der Waals surface area contributed by atoms with Crippen molar-refractivity contribution in [3.63, 3.8) is 0 Å². The summed E-state index contributed by atoms with van der Waals surface area (Å²) in [5.41, 5.74) is 1.29. The number of benzene rings is 2. The summed E-state index contributed by atoms with van der Waals surface area (Å²) in [6.07, 6.45) is 0. The van der Waals surface area contributed by atoms with Crippen LogP contribution in [0.4, 0.5) is 0 Å². The van der Waals surface area contributed by atoms with E-state index in [4.69, 9.17) is 4.74 Å². The minimum atomic E-state index is -3.80. The molecule has 27 heavy (non-hydrogen) atoms. The maximum absolute atomic E-state index is 12.8. The first-order valence-corrected chi connectivity index (χ1v) is 10.3. The zero-order chi connectivity index (χ0) is 20.0. The molecule has 2 rings (SSSR count). The quantitative estimate of drug-likeness (QED) is 0.752. The number of carbonyl (C=O) groups is 1. The molecule has 0 heterocycles. The number of ether oxygens (including phenoxy) is 1. The Hall–Kier alpha value is -2.38. The number of amides is 1. The molecule has 0 fully saturated rings. The first kappa shape index (κ1) is 20.9. The lowest BCUT2D eigenvalue weighted by Gasteiger charge is -2.19. The number of hydrogen-bond donors (Lipinski definition) is 1. The third kappa shape index (κ3) is 5.55. The second kappa shape index (κ2) is 9.01. The number of hydrogen-bond acceptors (Lipinski definition) is 4. The molecule has 0 bridgehead atoms. The lowest BCUT2D eigenvalue weighted by Crippen LogP contribution is -2.31. The van der Waals surface area contributed by atoms with Crippen molar-refractivity contribution in [2.75, 3.05) is 13.7 Å². The minimum Gasteiger partial charge on any atom is -0.492 e. The summed E-state index contributed by atoms with van der Waals surface area (Å²) >= 11 is 0. The van der Waals surface area contributed by atoms with Crippen LogP contribution in [0, 0.1) is 0 Å². The van der Waals surface area contributed by atoms with Crippen LogP contribution in [0.1, 0.15) is 36.7 Å². The van der Waals surface area contributed by atoms with Crippen molar-refractivity contribution >= 4 is 15.9 Å². The normalized spacial score (nSPS) is 11.4. The van der Waals surface area contributed by atoms with Crippen molar-refractivity contribution in [2.45, 2.75) is 38.3 Å². The van der Waals surface area contributed by atoms with Crippen molar-refractivity contribution in [1.29, 1.82) is 0 Å². The summed E-state index contributed by atoms with van der Waals surface area (Å²) in [5, 5.41) is 0. The molecule has 0 atom stereocenters. The number of carbonyl (C=O) groups excluding carboxylic acids is 1.